The SMILES string of the molecule is O=C(CN1CCc2nc3ncc(Br)cc3cc2C1)N1CCCCCC1. The van der Waals surface area contributed by atoms with Gasteiger partial charge in [-0.2, -0.15) is 0 Å². The lowest BCUT2D eigenvalue weighted by Crippen LogP contribution is -2.42. The largest absolute Gasteiger partial charge is 0.342 e. The van der Waals surface area contributed by atoms with Gasteiger partial charge in [-0.25, -0.2) is 9.97 Å². The summed E-state index contributed by atoms with van der Waals surface area (Å²) in [7, 11) is 0. The number of likely N-dealkylation sites (tertiary alicyclic amines) is 1. The topological polar surface area (TPSA) is 49.3 Å². The van der Waals surface area contributed by atoms with Crippen LogP contribution >= 0.6 is 15.9 Å². The Bertz CT molecular complexity index is 786. The van der Waals surface area contributed by atoms with E-state index in [1.807, 2.05) is 0 Å². The molecule has 0 N–H and O–H groups in total. The van der Waals surface area contributed by atoms with Crippen molar-refractivity contribution in [1.29, 1.82) is 0 Å². The number of fused-ring (bicyclic) bond motifs is 2. The highest BCUT2D eigenvalue weighted by Crippen LogP contribution is 2.23. The first-order valence-corrected chi connectivity index (χ1v) is 9.92. The number of nitrogens with zero attached hydrogens (tertiary/aromatic N) is 4. The molecule has 0 aliphatic carbocycles. The monoisotopic (exact) mass is 402 g/mol. The molecule has 2 aromatic heterocycles. The average Bonchev–Trinajstić information content (AvgIpc) is 2.89. The van der Waals surface area contributed by atoms with Crippen LogP contribution in [0.2, 0.25) is 0 Å². The second kappa shape index (κ2) is 7.38. The number of carbonyl (C=O) groups is 1. The number of amides is 1. The van der Waals surface area contributed by atoms with Crippen LogP contribution in [0, 0.1) is 0 Å². The first-order valence-electron chi connectivity index (χ1n) is 9.13. The van der Waals surface area contributed by atoms with Crippen molar-refractivity contribution in [2.24, 2.45) is 0 Å². The summed E-state index contributed by atoms with van der Waals surface area (Å²) in [5.41, 5.74) is 3.15. The summed E-state index contributed by atoms with van der Waals surface area (Å²) in [5.74, 6) is 0.281. The molecule has 1 fully saturated rings. The van der Waals surface area contributed by atoms with E-state index in [4.69, 9.17) is 4.98 Å². The number of halogens is 1. The standard InChI is InChI=1S/C19H23BrN4O/c20-16-10-14-9-15-12-23(8-5-17(15)22-19(14)21-11-16)13-18(25)24-6-3-1-2-4-7-24/h9-11H,1-8,12-13H2. The molecule has 2 aromatic rings. The molecule has 25 heavy (non-hydrogen) atoms. The lowest BCUT2D eigenvalue weighted by molar-refractivity contribution is -0.132. The number of hydrogen-bond donors (Lipinski definition) is 0. The van der Waals surface area contributed by atoms with Gasteiger partial charge < -0.3 is 4.90 Å². The van der Waals surface area contributed by atoms with E-state index < -0.39 is 0 Å². The zero-order valence-electron chi connectivity index (χ0n) is 14.4. The summed E-state index contributed by atoms with van der Waals surface area (Å²) in [6, 6.07) is 4.23. The zero-order chi connectivity index (χ0) is 17.2. The van der Waals surface area contributed by atoms with E-state index in [1.54, 1.807) is 6.20 Å². The molecule has 0 radical (unpaired) electrons. The van der Waals surface area contributed by atoms with Crippen molar-refractivity contribution in [3.63, 3.8) is 0 Å². The molecular formula is C19H23BrN4O. The Morgan fingerprint density at radius 1 is 1.12 bits per heavy atom. The first kappa shape index (κ1) is 16.9. The van der Waals surface area contributed by atoms with Gasteiger partial charge in [0.2, 0.25) is 5.91 Å². The maximum absolute atomic E-state index is 12.6. The molecule has 4 heterocycles. The Balaban J connectivity index is 1.47. The number of carbonyl (C=O) groups excluding carboxylic acids is 1. The van der Waals surface area contributed by atoms with Crippen molar-refractivity contribution in [3.8, 4) is 0 Å². The van der Waals surface area contributed by atoms with Gasteiger partial charge in [0.15, 0.2) is 5.65 Å². The van der Waals surface area contributed by atoms with Gasteiger partial charge in [0.1, 0.15) is 0 Å². The second-order valence-electron chi connectivity index (χ2n) is 7.05. The van der Waals surface area contributed by atoms with Crippen LogP contribution in [0.1, 0.15) is 36.9 Å². The van der Waals surface area contributed by atoms with Crippen LogP contribution in [0.15, 0.2) is 22.8 Å². The number of aromatic nitrogens is 2. The second-order valence-corrected chi connectivity index (χ2v) is 7.97. The molecule has 2 aliphatic heterocycles. The van der Waals surface area contributed by atoms with Crippen molar-refractivity contribution in [2.75, 3.05) is 26.2 Å². The van der Waals surface area contributed by atoms with E-state index in [9.17, 15) is 4.79 Å². The maximum atomic E-state index is 12.6. The van der Waals surface area contributed by atoms with Gasteiger partial charge in [-0.15, -0.1) is 0 Å². The molecule has 2 aliphatic rings. The number of rotatable bonds is 2. The van der Waals surface area contributed by atoms with Crippen molar-refractivity contribution in [3.05, 3.63) is 34.1 Å². The molecule has 5 nitrogen and oxygen atoms in total. The molecule has 0 unspecified atom stereocenters. The van der Waals surface area contributed by atoms with E-state index in [-0.39, 0.29) is 5.91 Å². The van der Waals surface area contributed by atoms with Gasteiger partial charge >= 0.3 is 0 Å². The van der Waals surface area contributed by atoms with Crippen molar-refractivity contribution in [2.45, 2.75) is 38.6 Å². The highest BCUT2D eigenvalue weighted by molar-refractivity contribution is 9.10. The summed E-state index contributed by atoms with van der Waals surface area (Å²) in [6.45, 7) is 4.06. The van der Waals surface area contributed by atoms with E-state index in [2.05, 4.69) is 42.8 Å². The van der Waals surface area contributed by atoms with Gasteiger partial charge in [0, 0.05) is 54.3 Å². The van der Waals surface area contributed by atoms with Gasteiger partial charge in [-0.3, -0.25) is 9.69 Å². The van der Waals surface area contributed by atoms with E-state index in [1.165, 1.54) is 18.4 Å². The van der Waals surface area contributed by atoms with Crippen LogP contribution in [-0.4, -0.2) is 51.9 Å². The molecule has 0 atom stereocenters. The Labute approximate surface area is 156 Å². The van der Waals surface area contributed by atoms with Crippen LogP contribution in [0.4, 0.5) is 0 Å². The molecule has 1 amide bonds. The molecule has 6 heteroatoms. The van der Waals surface area contributed by atoms with Crippen LogP contribution < -0.4 is 0 Å². The summed E-state index contributed by atoms with van der Waals surface area (Å²) < 4.78 is 0.964. The number of pyridine rings is 2. The van der Waals surface area contributed by atoms with Crippen LogP contribution in [-0.2, 0) is 17.8 Å². The first-order chi connectivity index (χ1) is 12.2. The fraction of sp³-hybridized carbons (Fsp3) is 0.526. The summed E-state index contributed by atoms with van der Waals surface area (Å²) in [6.07, 6.45) is 7.47. The van der Waals surface area contributed by atoms with E-state index >= 15 is 0 Å². The average molecular weight is 403 g/mol. The lowest BCUT2D eigenvalue weighted by Gasteiger charge is -2.30. The third-order valence-corrected chi connectivity index (χ3v) is 5.61. The highest BCUT2D eigenvalue weighted by atomic mass is 79.9. The van der Waals surface area contributed by atoms with Gasteiger partial charge in [-0.1, -0.05) is 12.8 Å². The van der Waals surface area contributed by atoms with Gasteiger partial charge in [0.05, 0.1) is 6.54 Å². The Hall–Kier alpha value is -1.53. The highest BCUT2D eigenvalue weighted by Gasteiger charge is 2.23. The molecular weight excluding hydrogens is 380 g/mol. The minimum absolute atomic E-state index is 0.281. The summed E-state index contributed by atoms with van der Waals surface area (Å²) in [4.78, 5) is 26.1. The number of hydrogen-bond acceptors (Lipinski definition) is 4. The van der Waals surface area contributed by atoms with Gasteiger partial charge in [-0.05, 0) is 46.5 Å². The molecule has 4 rings (SSSR count). The lowest BCUT2D eigenvalue weighted by atomic mass is 10.0. The van der Waals surface area contributed by atoms with Crippen LogP contribution in [0.3, 0.4) is 0 Å². The Kier molecular flexibility index (Phi) is 4.99. The molecule has 0 spiro atoms. The van der Waals surface area contributed by atoms with Crippen molar-refractivity contribution < 1.29 is 4.79 Å². The molecule has 0 aromatic carbocycles. The molecule has 0 saturated carbocycles. The quantitative estimate of drug-likeness (QED) is 0.773. The fourth-order valence-corrected chi connectivity index (χ4v) is 4.15. The normalized spacial score (nSPS) is 18.8. The molecule has 0 bridgehead atoms. The minimum atomic E-state index is 0.281. The smallest absolute Gasteiger partial charge is 0.236 e. The Morgan fingerprint density at radius 2 is 1.92 bits per heavy atom. The predicted octanol–water partition coefficient (Wildman–Crippen LogP) is 3.15. The third kappa shape index (κ3) is 3.85. The predicted molar refractivity (Wildman–Crippen MR) is 101 cm³/mol. The van der Waals surface area contributed by atoms with Crippen molar-refractivity contribution in [1.82, 2.24) is 19.8 Å². The Morgan fingerprint density at radius 3 is 2.72 bits per heavy atom. The maximum Gasteiger partial charge on any atom is 0.236 e. The minimum Gasteiger partial charge on any atom is -0.342 e. The van der Waals surface area contributed by atoms with E-state index in [0.29, 0.717) is 6.54 Å². The molecule has 1 saturated heterocycles. The van der Waals surface area contributed by atoms with Gasteiger partial charge in [0.25, 0.3) is 0 Å². The zero-order valence-corrected chi connectivity index (χ0v) is 16.0. The fourth-order valence-electron chi connectivity index (χ4n) is 3.80. The van der Waals surface area contributed by atoms with Crippen molar-refractivity contribution >= 4 is 32.9 Å². The summed E-state index contributed by atoms with van der Waals surface area (Å²) >= 11 is 3.47. The van der Waals surface area contributed by atoms with E-state index in [0.717, 1.165) is 66.6 Å². The van der Waals surface area contributed by atoms with Crippen LogP contribution in [0.25, 0.3) is 11.0 Å². The van der Waals surface area contributed by atoms with Crippen LogP contribution in [0.5, 0.6) is 0 Å². The summed E-state index contributed by atoms with van der Waals surface area (Å²) in [5, 5.41) is 1.05. The molecule has 132 valence electrons. The third-order valence-electron chi connectivity index (χ3n) is 5.18.